The van der Waals surface area contributed by atoms with Crippen LogP contribution in [0, 0.1) is 12.8 Å². The summed E-state index contributed by atoms with van der Waals surface area (Å²) in [6, 6.07) is 12.9. The predicted octanol–water partition coefficient (Wildman–Crippen LogP) is 5.42. The SMILES string of the molecule is COc1ccc(C(=O)N2CC(c3ccc(Cl)c(Cl)c3)C(C(C)Oc3ccc(C)cn3)C2)cn1. The lowest BCUT2D eigenvalue weighted by Gasteiger charge is -2.25. The number of aryl methyl sites for hydroxylation is 1. The van der Waals surface area contributed by atoms with E-state index in [1.165, 1.54) is 0 Å². The monoisotopic (exact) mass is 485 g/mol. The van der Waals surface area contributed by atoms with Gasteiger partial charge in [-0.1, -0.05) is 35.3 Å². The van der Waals surface area contributed by atoms with Gasteiger partial charge in [-0.15, -0.1) is 0 Å². The number of nitrogens with zero attached hydrogens (tertiary/aromatic N) is 3. The molecule has 0 spiro atoms. The molecule has 0 N–H and O–H groups in total. The van der Waals surface area contributed by atoms with Crippen molar-refractivity contribution in [2.24, 2.45) is 5.92 Å². The number of likely N-dealkylation sites (tertiary alicyclic amines) is 1. The van der Waals surface area contributed by atoms with Crippen molar-refractivity contribution in [3.8, 4) is 11.8 Å². The molecular formula is C25H25Cl2N3O3. The van der Waals surface area contributed by atoms with Gasteiger partial charge in [0.1, 0.15) is 6.10 Å². The number of ether oxygens (including phenoxy) is 2. The van der Waals surface area contributed by atoms with Gasteiger partial charge in [0, 0.05) is 49.5 Å². The first-order chi connectivity index (χ1) is 15.9. The lowest BCUT2D eigenvalue weighted by molar-refractivity contribution is 0.0769. The molecule has 0 radical (unpaired) electrons. The molecule has 1 aliphatic heterocycles. The van der Waals surface area contributed by atoms with Crippen LogP contribution >= 0.6 is 23.2 Å². The van der Waals surface area contributed by atoms with Crippen molar-refractivity contribution in [3.63, 3.8) is 0 Å². The van der Waals surface area contributed by atoms with Crippen molar-refractivity contribution in [2.45, 2.75) is 25.9 Å². The fourth-order valence-electron chi connectivity index (χ4n) is 4.18. The van der Waals surface area contributed by atoms with E-state index in [0.29, 0.717) is 40.5 Å². The topological polar surface area (TPSA) is 64.5 Å². The second-order valence-electron chi connectivity index (χ2n) is 8.24. The normalized spacial score (nSPS) is 18.8. The summed E-state index contributed by atoms with van der Waals surface area (Å²) in [6.45, 7) is 5.06. The first kappa shape index (κ1) is 23.3. The van der Waals surface area contributed by atoms with Crippen molar-refractivity contribution in [1.29, 1.82) is 0 Å². The van der Waals surface area contributed by atoms with Gasteiger partial charge in [0.25, 0.3) is 5.91 Å². The fourth-order valence-corrected chi connectivity index (χ4v) is 4.48. The Morgan fingerprint density at radius 2 is 1.79 bits per heavy atom. The lowest BCUT2D eigenvalue weighted by atomic mass is 9.86. The first-order valence-electron chi connectivity index (χ1n) is 10.7. The average Bonchev–Trinajstić information content (AvgIpc) is 3.27. The van der Waals surface area contributed by atoms with E-state index in [1.54, 1.807) is 37.7 Å². The van der Waals surface area contributed by atoms with E-state index < -0.39 is 0 Å². The standard InChI is InChI=1S/C25H25Cl2N3O3/c1-15-4-8-24(28-11-15)33-16(2)19-13-30(25(31)18-6-9-23(32-3)29-12-18)14-20(19)17-5-7-21(26)22(27)10-17/h4-12,16,19-20H,13-14H2,1-3H3. The zero-order chi connectivity index (χ0) is 23.5. The van der Waals surface area contributed by atoms with E-state index in [4.69, 9.17) is 32.7 Å². The Kier molecular flexibility index (Phi) is 7.05. The van der Waals surface area contributed by atoms with E-state index in [-0.39, 0.29) is 23.8 Å². The molecule has 0 aliphatic carbocycles. The maximum absolute atomic E-state index is 13.3. The molecule has 1 amide bonds. The van der Waals surface area contributed by atoms with Crippen LogP contribution in [0.1, 0.15) is 34.3 Å². The van der Waals surface area contributed by atoms with Crippen LogP contribution in [-0.2, 0) is 0 Å². The number of hydrogen-bond donors (Lipinski definition) is 0. The highest BCUT2D eigenvalue weighted by Gasteiger charge is 2.40. The van der Waals surface area contributed by atoms with Gasteiger partial charge in [-0.25, -0.2) is 9.97 Å². The highest BCUT2D eigenvalue weighted by atomic mass is 35.5. The highest BCUT2D eigenvalue weighted by Crippen LogP contribution is 2.38. The average molecular weight is 486 g/mol. The second-order valence-corrected chi connectivity index (χ2v) is 9.05. The molecule has 3 heterocycles. The smallest absolute Gasteiger partial charge is 0.255 e. The number of pyridine rings is 2. The fraction of sp³-hybridized carbons (Fsp3) is 0.320. The summed E-state index contributed by atoms with van der Waals surface area (Å²) < 4.78 is 11.3. The minimum Gasteiger partial charge on any atom is -0.481 e. The van der Waals surface area contributed by atoms with E-state index in [2.05, 4.69) is 9.97 Å². The molecule has 1 saturated heterocycles. The Balaban J connectivity index is 1.60. The quantitative estimate of drug-likeness (QED) is 0.466. The highest BCUT2D eigenvalue weighted by molar-refractivity contribution is 6.42. The van der Waals surface area contributed by atoms with Crippen LogP contribution < -0.4 is 9.47 Å². The van der Waals surface area contributed by atoms with Gasteiger partial charge in [-0.05, 0) is 43.2 Å². The summed E-state index contributed by atoms with van der Waals surface area (Å²) >= 11 is 12.5. The van der Waals surface area contributed by atoms with E-state index >= 15 is 0 Å². The van der Waals surface area contributed by atoms with Crippen LogP contribution in [-0.4, -0.2) is 47.1 Å². The number of carbonyl (C=O) groups is 1. The molecule has 172 valence electrons. The Morgan fingerprint density at radius 1 is 1.03 bits per heavy atom. The van der Waals surface area contributed by atoms with E-state index in [0.717, 1.165) is 11.1 Å². The molecule has 3 aromatic rings. The van der Waals surface area contributed by atoms with Gasteiger partial charge in [-0.3, -0.25) is 4.79 Å². The molecular weight excluding hydrogens is 461 g/mol. The number of amides is 1. The number of methoxy groups -OCH3 is 1. The second kappa shape index (κ2) is 9.98. The number of halogens is 2. The zero-order valence-corrected chi connectivity index (χ0v) is 20.2. The molecule has 1 aromatic carbocycles. The van der Waals surface area contributed by atoms with E-state index in [1.807, 2.05) is 43.0 Å². The van der Waals surface area contributed by atoms with Crippen LogP contribution in [0.4, 0.5) is 0 Å². The number of benzene rings is 1. The molecule has 0 saturated carbocycles. The summed E-state index contributed by atoms with van der Waals surface area (Å²) in [6.07, 6.45) is 3.13. The van der Waals surface area contributed by atoms with Gasteiger partial charge >= 0.3 is 0 Å². The molecule has 6 nitrogen and oxygen atoms in total. The van der Waals surface area contributed by atoms with Gasteiger partial charge < -0.3 is 14.4 Å². The van der Waals surface area contributed by atoms with Crippen LogP contribution in [0.5, 0.6) is 11.8 Å². The number of carbonyl (C=O) groups excluding carboxylic acids is 1. The van der Waals surface area contributed by atoms with Crippen LogP contribution in [0.15, 0.2) is 54.9 Å². The minimum atomic E-state index is -0.188. The molecule has 2 aromatic heterocycles. The summed E-state index contributed by atoms with van der Waals surface area (Å²) in [7, 11) is 1.54. The lowest BCUT2D eigenvalue weighted by Crippen LogP contribution is -2.32. The van der Waals surface area contributed by atoms with Gasteiger partial charge in [0.15, 0.2) is 0 Å². The van der Waals surface area contributed by atoms with Crippen LogP contribution in [0.2, 0.25) is 10.0 Å². The molecule has 4 rings (SSSR count). The Labute approximate surface area is 203 Å². The summed E-state index contributed by atoms with van der Waals surface area (Å²) in [5.41, 5.74) is 2.59. The van der Waals surface area contributed by atoms with Crippen molar-refractivity contribution < 1.29 is 14.3 Å². The van der Waals surface area contributed by atoms with Crippen molar-refractivity contribution in [2.75, 3.05) is 20.2 Å². The summed E-state index contributed by atoms with van der Waals surface area (Å²) in [4.78, 5) is 23.6. The van der Waals surface area contributed by atoms with Crippen LogP contribution in [0.3, 0.4) is 0 Å². The maximum atomic E-state index is 13.3. The van der Waals surface area contributed by atoms with Crippen molar-refractivity contribution in [3.05, 3.63) is 81.6 Å². The molecule has 0 bridgehead atoms. The molecule has 33 heavy (non-hydrogen) atoms. The van der Waals surface area contributed by atoms with Gasteiger partial charge in [0.05, 0.1) is 22.7 Å². The first-order valence-corrected chi connectivity index (χ1v) is 11.4. The molecule has 3 unspecified atom stereocenters. The van der Waals surface area contributed by atoms with Crippen LogP contribution in [0.25, 0.3) is 0 Å². The number of aromatic nitrogens is 2. The molecule has 1 aliphatic rings. The van der Waals surface area contributed by atoms with Gasteiger partial charge in [0.2, 0.25) is 11.8 Å². The number of rotatable bonds is 6. The Hall–Kier alpha value is -2.83. The summed E-state index contributed by atoms with van der Waals surface area (Å²) in [5.74, 6) is 0.992. The number of hydrogen-bond acceptors (Lipinski definition) is 5. The Bertz CT molecular complexity index is 1120. The molecule has 1 fully saturated rings. The zero-order valence-electron chi connectivity index (χ0n) is 18.7. The third kappa shape index (κ3) is 5.23. The van der Waals surface area contributed by atoms with Crippen molar-refractivity contribution >= 4 is 29.1 Å². The van der Waals surface area contributed by atoms with Crippen molar-refractivity contribution in [1.82, 2.24) is 14.9 Å². The minimum absolute atomic E-state index is 0.0235. The predicted molar refractivity (Wildman–Crippen MR) is 128 cm³/mol. The molecule has 8 heteroatoms. The van der Waals surface area contributed by atoms with E-state index in [9.17, 15) is 4.79 Å². The Morgan fingerprint density at radius 3 is 2.42 bits per heavy atom. The maximum Gasteiger partial charge on any atom is 0.255 e. The third-order valence-electron chi connectivity index (χ3n) is 6.01. The third-order valence-corrected chi connectivity index (χ3v) is 6.75. The summed E-state index contributed by atoms with van der Waals surface area (Å²) in [5, 5.41) is 0.992. The largest absolute Gasteiger partial charge is 0.481 e. The van der Waals surface area contributed by atoms with Gasteiger partial charge in [-0.2, -0.15) is 0 Å². The molecule has 3 atom stereocenters.